The zero-order chi connectivity index (χ0) is 12.5. The summed E-state index contributed by atoms with van der Waals surface area (Å²) in [6, 6.07) is 0. The maximum absolute atomic E-state index is 10.4. The van der Waals surface area contributed by atoms with Crippen molar-refractivity contribution in [2.45, 2.75) is 0 Å². The number of halogens is 5. The van der Waals surface area contributed by atoms with Gasteiger partial charge in [0, 0.05) is 11.6 Å². The minimum absolute atomic E-state index is 0. The van der Waals surface area contributed by atoms with Crippen LogP contribution in [0.1, 0.15) is 5.56 Å². The van der Waals surface area contributed by atoms with Crippen LogP contribution in [0.2, 0.25) is 25.1 Å². The zero-order valence-electron chi connectivity index (χ0n) is 7.40. The fraction of sp³-hybridized carbons (Fsp3) is 0. The van der Waals surface area contributed by atoms with Gasteiger partial charge in [0.2, 0.25) is 0 Å². The van der Waals surface area contributed by atoms with Crippen molar-refractivity contribution < 1.29 is 9.90 Å². The number of rotatable bonds is 2. The van der Waals surface area contributed by atoms with E-state index >= 15 is 0 Å². The van der Waals surface area contributed by atoms with Gasteiger partial charge in [-0.25, -0.2) is 4.79 Å². The van der Waals surface area contributed by atoms with Gasteiger partial charge in [0.15, 0.2) is 0 Å². The molecule has 0 aliphatic heterocycles. The Morgan fingerprint density at radius 1 is 0.882 bits per heavy atom. The first-order valence-electron chi connectivity index (χ1n) is 3.78. The van der Waals surface area contributed by atoms with E-state index in [9.17, 15) is 4.79 Å². The van der Waals surface area contributed by atoms with Gasteiger partial charge in [0.05, 0.1) is 25.1 Å². The second-order valence-electron chi connectivity index (χ2n) is 2.66. The van der Waals surface area contributed by atoms with Crippen LogP contribution in [0.3, 0.4) is 0 Å². The van der Waals surface area contributed by atoms with Gasteiger partial charge in [0.1, 0.15) is 0 Å². The molecule has 1 rings (SSSR count). The van der Waals surface area contributed by atoms with E-state index in [2.05, 4.69) is 0 Å². The fourth-order valence-electron chi connectivity index (χ4n) is 0.923. The number of hydrogen-bond acceptors (Lipinski definition) is 1. The van der Waals surface area contributed by atoms with Gasteiger partial charge in [-0.2, -0.15) is 0 Å². The van der Waals surface area contributed by atoms with Gasteiger partial charge in [-0.1, -0.05) is 58.0 Å². The maximum atomic E-state index is 10.4. The van der Waals surface area contributed by atoms with Crippen LogP contribution >= 0.6 is 58.0 Å². The summed E-state index contributed by atoms with van der Waals surface area (Å²) in [4.78, 5) is 10.4. The second kappa shape index (κ2) is 7.66. The molecule has 90 valence electrons. The molecule has 0 spiro atoms. The molecule has 0 saturated heterocycles. The van der Waals surface area contributed by atoms with E-state index in [0.29, 0.717) is 0 Å². The number of aliphatic carboxylic acids is 1. The van der Waals surface area contributed by atoms with Crippen LogP contribution < -0.4 is 0 Å². The van der Waals surface area contributed by atoms with Gasteiger partial charge in [0.25, 0.3) is 0 Å². The van der Waals surface area contributed by atoms with Crippen LogP contribution in [-0.4, -0.2) is 48.8 Å². The van der Waals surface area contributed by atoms with Gasteiger partial charge in [-0.15, -0.1) is 0 Å². The van der Waals surface area contributed by atoms with Crippen molar-refractivity contribution in [3.05, 3.63) is 36.8 Å². The Kier molecular flexibility index (Phi) is 8.18. The standard InChI is InChI=1S/C9H3Cl5O2.Ca.2H/c10-5-3(1-2-4(15)16)6(11)8(13)9(14)7(5)12;;;/h1-2H,(H,15,16);;;/b2-1+;;;. The number of carbonyl (C=O) groups is 1. The Morgan fingerprint density at radius 3 is 1.59 bits per heavy atom. The first-order valence-corrected chi connectivity index (χ1v) is 5.67. The Morgan fingerprint density at radius 2 is 1.24 bits per heavy atom. The van der Waals surface area contributed by atoms with E-state index in [1.807, 2.05) is 0 Å². The van der Waals surface area contributed by atoms with E-state index in [0.717, 1.165) is 6.08 Å². The number of benzene rings is 1. The summed E-state index contributed by atoms with van der Waals surface area (Å²) in [6.45, 7) is 0. The van der Waals surface area contributed by atoms with Crippen LogP contribution in [-0.2, 0) is 4.79 Å². The molecule has 1 aromatic rings. The van der Waals surface area contributed by atoms with Crippen molar-refractivity contribution in [1.82, 2.24) is 0 Å². The van der Waals surface area contributed by atoms with Gasteiger partial charge in [-0.3, -0.25) is 0 Å². The Balaban J connectivity index is 0.00000256. The molecule has 0 aliphatic carbocycles. The van der Waals surface area contributed by atoms with Crippen LogP contribution in [0.4, 0.5) is 0 Å². The van der Waals surface area contributed by atoms with E-state index in [1.54, 1.807) is 0 Å². The normalized spacial score (nSPS) is 10.4. The Hall–Kier alpha value is 1.14. The molecule has 0 atom stereocenters. The second-order valence-corrected chi connectivity index (χ2v) is 4.54. The summed E-state index contributed by atoms with van der Waals surface area (Å²) in [5, 5.41) is 8.69. The molecule has 0 aromatic heterocycles. The van der Waals surface area contributed by atoms with Crippen LogP contribution in [0.25, 0.3) is 6.08 Å². The molecule has 17 heavy (non-hydrogen) atoms. The minimum atomic E-state index is -1.14. The number of carboxylic acids is 1. The molecule has 0 amide bonds. The molecule has 1 aromatic carbocycles. The molecule has 0 radical (unpaired) electrons. The molecular formula is C9H5CaCl5O2. The van der Waals surface area contributed by atoms with Crippen LogP contribution in [0, 0.1) is 0 Å². The molecule has 2 nitrogen and oxygen atoms in total. The summed E-state index contributed by atoms with van der Waals surface area (Å²) in [7, 11) is 0. The molecule has 0 fully saturated rings. The van der Waals surface area contributed by atoms with E-state index in [4.69, 9.17) is 63.1 Å². The molecular weight excluding hydrogens is 357 g/mol. The summed E-state index contributed by atoms with van der Waals surface area (Å²) in [5.41, 5.74) is 0.213. The molecule has 8 heteroatoms. The molecule has 0 heterocycles. The third kappa shape index (κ3) is 4.32. The average Bonchev–Trinajstić information content (AvgIpc) is 2.23. The average molecular weight is 362 g/mol. The van der Waals surface area contributed by atoms with Gasteiger partial charge < -0.3 is 5.11 Å². The predicted octanol–water partition coefficient (Wildman–Crippen LogP) is 4.14. The monoisotopic (exact) mass is 360 g/mol. The Bertz CT molecular complexity index is 458. The quantitative estimate of drug-likeness (QED) is 0.372. The first kappa shape index (κ1) is 18.1. The van der Waals surface area contributed by atoms with Crippen LogP contribution in [0.5, 0.6) is 0 Å². The van der Waals surface area contributed by atoms with Crippen molar-refractivity contribution in [2.75, 3.05) is 0 Å². The first-order chi connectivity index (χ1) is 7.36. The summed E-state index contributed by atoms with van der Waals surface area (Å²) >= 11 is 29.0. The summed E-state index contributed by atoms with van der Waals surface area (Å²) in [6.07, 6.45) is 2.06. The fourth-order valence-corrected chi connectivity index (χ4v) is 2.20. The van der Waals surface area contributed by atoms with E-state index < -0.39 is 5.97 Å². The van der Waals surface area contributed by atoms with Crippen molar-refractivity contribution in [3.8, 4) is 0 Å². The molecule has 0 unspecified atom stereocenters. The third-order valence-corrected chi connectivity index (χ3v) is 3.94. The van der Waals surface area contributed by atoms with Gasteiger partial charge >= 0.3 is 43.7 Å². The SMILES string of the molecule is O=C(O)/C=C/c1c(Cl)c(Cl)c(Cl)c(Cl)c1Cl.[CaH2]. The van der Waals surface area contributed by atoms with Crippen molar-refractivity contribution in [2.24, 2.45) is 0 Å². The van der Waals surface area contributed by atoms with Crippen molar-refractivity contribution in [1.29, 1.82) is 0 Å². The van der Waals surface area contributed by atoms with Crippen LogP contribution in [0.15, 0.2) is 6.08 Å². The van der Waals surface area contributed by atoms with E-state index in [1.165, 1.54) is 6.08 Å². The molecule has 1 N–H and O–H groups in total. The Labute approximate surface area is 152 Å². The number of hydrogen-bond donors (Lipinski definition) is 1. The molecule has 0 bridgehead atoms. The zero-order valence-corrected chi connectivity index (χ0v) is 11.2. The summed E-state index contributed by atoms with van der Waals surface area (Å²) < 4.78 is 0. The summed E-state index contributed by atoms with van der Waals surface area (Å²) in [5.74, 6) is -1.14. The number of carboxylic acid groups (broad SMARTS) is 1. The van der Waals surface area contributed by atoms with E-state index in [-0.39, 0.29) is 68.4 Å². The van der Waals surface area contributed by atoms with Crippen molar-refractivity contribution >= 4 is 108 Å². The molecule has 0 saturated carbocycles. The van der Waals surface area contributed by atoms with Gasteiger partial charge in [-0.05, 0) is 6.08 Å². The molecule has 0 aliphatic rings. The predicted molar refractivity (Wildman–Crippen MR) is 76.7 cm³/mol. The third-order valence-electron chi connectivity index (χ3n) is 1.64. The van der Waals surface area contributed by atoms with Crippen molar-refractivity contribution in [3.63, 3.8) is 0 Å². The topological polar surface area (TPSA) is 37.3 Å².